The highest BCUT2D eigenvalue weighted by Crippen LogP contribution is 2.33. The molecule has 3 aromatic carbocycles. The fraction of sp³-hybridized carbons (Fsp3) is 0.0769. The molecule has 0 aliphatic heterocycles. The number of carbonyl (C=O) groups excluding carboxylic acids is 1. The topological polar surface area (TPSA) is 83.5 Å². The lowest BCUT2D eigenvalue weighted by atomic mass is 10.0. The fourth-order valence-corrected chi connectivity index (χ4v) is 3.19. The van der Waals surface area contributed by atoms with Crippen LogP contribution in [0.25, 0.3) is 11.1 Å². The number of urea groups is 1. The number of nitrogens with one attached hydrogen (secondary N) is 2. The molecule has 3 N–H and O–H groups in total. The molecule has 0 aliphatic carbocycles. The number of aromatic hydroxyl groups is 1. The van der Waals surface area contributed by atoms with Gasteiger partial charge in [0.05, 0.1) is 0 Å². The Hall–Kier alpha value is -4.32. The predicted octanol–water partition coefficient (Wildman–Crippen LogP) is 5.35. The SMILES string of the molecule is O=C(NCc1cccnc1)Nc1ccc(COc2ccc(O)cc2-c2ccccc2)cc1. The average Bonchev–Trinajstić information content (AvgIpc) is 2.84. The van der Waals surface area contributed by atoms with E-state index in [0.717, 1.165) is 22.3 Å². The van der Waals surface area contributed by atoms with Gasteiger partial charge in [-0.05, 0) is 53.1 Å². The van der Waals surface area contributed by atoms with Crippen LogP contribution in [0, 0.1) is 0 Å². The van der Waals surface area contributed by atoms with Crippen molar-refractivity contribution in [2.75, 3.05) is 5.32 Å². The molecule has 6 nitrogen and oxygen atoms in total. The molecule has 0 bridgehead atoms. The van der Waals surface area contributed by atoms with Crippen LogP contribution in [0.5, 0.6) is 11.5 Å². The first-order valence-electron chi connectivity index (χ1n) is 10.2. The molecule has 0 unspecified atom stereocenters. The van der Waals surface area contributed by atoms with Gasteiger partial charge in [0.15, 0.2) is 0 Å². The second-order valence-corrected chi connectivity index (χ2v) is 7.20. The van der Waals surface area contributed by atoms with Crippen LogP contribution in [0.3, 0.4) is 0 Å². The Labute approximate surface area is 186 Å². The van der Waals surface area contributed by atoms with Gasteiger partial charge in [0.1, 0.15) is 18.1 Å². The highest BCUT2D eigenvalue weighted by Gasteiger charge is 2.08. The Morgan fingerprint density at radius 3 is 2.47 bits per heavy atom. The molecule has 1 heterocycles. The Kier molecular flexibility index (Phi) is 6.63. The number of aromatic nitrogens is 1. The second kappa shape index (κ2) is 10.1. The lowest BCUT2D eigenvalue weighted by molar-refractivity contribution is 0.251. The molecule has 0 saturated carbocycles. The summed E-state index contributed by atoms with van der Waals surface area (Å²) < 4.78 is 6.02. The van der Waals surface area contributed by atoms with E-state index in [1.165, 1.54) is 0 Å². The van der Waals surface area contributed by atoms with Gasteiger partial charge in [-0.3, -0.25) is 4.98 Å². The van der Waals surface area contributed by atoms with Crippen LogP contribution in [0.2, 0.25) is 0 Å². The van der Waals surface area contributed by atoms with Gasteiger partial charge in [-0.25, -0.2) is 4.79 Å². The lowest BCUT2D eigenvalue weighted by Crippen LogP contribution is -2.28. The fourth-order valence-electron chi connectivity index (χ4n) is 3.19. The molecule has 4 rings (SSSR count). The zero-order valence-corrected chi connectivity index (χ0v) is 17.4. The van der Waals surface area contributed by atoms with Gasteiger partial charge in [0.2, 0.25) is 0 Å². The molecule has 0 spiro atoms. The molecular formula is C26H23N3O3. The van der Waals surface area contributed by atoms with E-state index < -0.39 is 0 Å². The number of hydrogen-bond donors (Lipinski definition) is 3. The standard InChI is InChI=1S/C26H23N3O3/c30-23-12-13-25(24(15-23)21-6-2-1-3-7-21)32-18-19-8-10-22(11-9-19)29-26(31)28-17-20-5-4-14-27-16-20/h1-16,30H,17-18H2,(H2,28,29,31). The van der Waals surface area contributed by atoms with Crippen LogP contribution in [0.15, 0.2) is 97.3 Å². The number of nitrogens with zero attached hydrogens (tertiary/aromatic N) is 1. The van der Waals surface area contributed by atoms with Crippen molar-refractivity contribution in [3.63, 3.8) is 0 Å². The first-order valence-corrected chi connectivity index (χ1v) is 10.2. The lowest BCUT2D eigenvalue weighted by Gasteiger charge is -2.13. The third kappa shape index (κ3) is 5.64. The number of carbonyl (C=O) groups is 1. The number of ether oxygens (including phenoxy) is 1. The number of benzene rings is 3. The molecule has 0 aliphatic rings. The highest BCUT2D eigenvalue weighted by atomic mass is 16.5. The zero-order valence-electron chi connectivity index (χ0n) is 17.4. The number of rotatable bonds is 7. The Bertz CT molecular complexity index is 1160. The van der Waals surface area contributed by atoms with Gasteiger partial charge >= 0.3 is 6.03 Å². The molecule has 1 aromatic heterocycles. The van der Waals surface area contributed by atoms with Gasteiger partial charge in [0, 0.05) is 30.2 Å². The van der Waals surface area contributed by atoms with Crippen LogP contribution in [-0.2, 0) is 13.2 Å². The van der Waals surface area contributed by atoms with Crippen molar-refractivity contribution in [3.05, 3.63) is 108 Å². The van der Waals surface area contributed by atoms with Crippen molar-refractivity contribution in [1.29, 1.82) is 0 Å². The largest absolute Gasteiger partial charge is 0.508 e. The zero-order chi connectivity index (χ0) is 22.2. The normalized spacial score (nSPS) is 10.4. The van der Waals surface area contributed by atoms with Crippen LogP contribution in [0.4, 0.5) is 10.5 Å². The molecule has 0 saturated heterocycles. The Morgan fingerprint density at radius 2 is 1.72 bits per heavy atom. The summed E-state index contributed by atoms with van der Waals surface area (Å²) in [5, 5.41) is 15.5. The molecule has 0 radical (unpaired) electrons. The van der Waals surface area contributed by atoms with E-state index in [2.05, 4.69) is 15.6 Å². The molecule has 0 atom stereocenters. The minimum atomic E-state index is -0.283. The Balaban J connectivity index is 1.34. The molecule has 2 amide bonds. The van der Waals surface area contributed by atoms with Crippen molar-refractivity contribution in [3.8, 4) is 22.6 Å². The van der Waals surface area contributed by atoms with E-state index in [4.69, 9.17) is 4.74 Å². The number of anilines is 1. The van der Waals surface area contributed by atoms with E-state index in [9.17, 15) is 9.90 Å². The molecule has 32 heavy (non-hydrogen) atoms. The first-order chi connectivity index (χ1) is 15.7. The van der Waals surface area contributed by atoms with Crippen LogP contribution in [0.1, 0.15) is 11.1 Å². The van der Waals surface area contributed by atoms with Crippen LogP contribution in [-0.4, -0.2) is 16.1 Å². The summed E-state index contributed by atoms with van der Waals surface area (Å²) in [4.78, 5) is 16.1. The Morgan fingerprint density at radius 1 is 0.906 bits per heavy atom. The summed E-state index contributed by atoms with van der Waals surface area (Å²) in [5.74, 6) is 0.874. The molecular weight excluding hydrogens is 402 g/mol. The summed E-state index contributed by atoms with van der Waals surface area (Å²) in [7, 11) is 0. The van der Waals surface area contributed by atoms with Crippen LogP contribution < -0.4 is 15.4 Å². The number of amides is 2. The number of hydrogen-bond acceptors (Lipinski definition) is 4. The summed E-state index contributed by atoms with van der Waals surface area (Å²) in [6.07, 6.45) is 3.41. The van der Waals surface area contributed by atoms with E-state index in [1.54, 1.807) is 30.6 Å². The van der Waals surface area contributed by atoms with E-state index in [-0.39, 0.29) is 11.8 Å². The van der Waals surface area contributed by atoms with Gasteiger partial charge in [-0.15, -0.1) is 0 Å². The van der Waals surface area contributed by atoms with Crippen molar-refractivity contribution in [2.45, 2.75) is 13.2 Å². The molecule has 6 heteroatoms. The minimum Gasteiger partial charge on any atom is -0.508 e. The summed E-state index contributed by atoms with van der Waals surface area (Å²) in [6, 6.07) is 25.8. The second-order valence-electron chi connectivity index (χ2n) is 7.20. The van der Waals surface area contributed by atoms with E-state index in [0.29, 0.717) is 24.6 Å². The number of phenols is 1. The van der Waals surface area contributed by atoms with Crippen molar-refractivity contribution in [1.82, 2.24) is 10.3 Å². The summed E-state index contributed by atoms with van der Waals surface area (Å²) >= 11 is 0. The number of phenolic OH excluding ortho intramolecular Hbond substituents is 1. The molecule has 0 fully saturated rings. The van der Waals surface area contributed by atoms with Crippen molar-refractivity contribution in [2.24, 2.45) is 0 Å². The summed E-state index contributed by atoms with van der Waals surface area (Å²) in [5.41, 5.74) is 4.37. The highest BCUT2D eigenvalue weighted by molar-refractivity contribution is 5.89. The monoisotopic (exact) mass is 425 g/mol. The van der Waals surface area contributed by atoms with Gasteiger partial charge < -0.3 is 20.5 Å². The molecule has 4 aromatic rings. The number of pyridine rings is 1. The predicted molar refractivity (Wildman–Crippen MR) is 124 cm³/mol. The summed E-state index contributed by atoms with van der Waals surface area (Å²) in [6.45, 7) is 0.764. The maximum absolute atomic E-state index is 12.1. The average molecular weight is 425 g/mol. The third-order valence-corrected chi connectivity index (χ3v) is 4.83. The van der Waals surface area contributed by atoms with Crippen LogP contribution >= 0.6 is 0 Å². The van der Waals surface area contributed by atoms with Crippen molar-refractivity contribution < 1.29 is 14.6 Å². The van der Waals surface area contributed by atoms with E-state index in [1.807, 2.05) is 66.7 Å². The minimum absolute atomic E-state index is 0.188. The van der Waals surface area contributed by atoms with Gasteiger partial charge in [-0.2, -0.15) is 0 Å². The van der Waals surface area contributed by atoms with Gasteiger partial charge in [-0.1, -0.05) is 48.5 Å². The third-order valence-electron chi connectivity index (χ3n) is 4.83. The van der Waals surface area contributed by atoms with E-state index >= 15 is 0 Å². The smallest absolute Gasteiger partial charge is 0.319 e. The molecule has 160 valence electrons. The maximum atomic E-state index is 12.1. The maximum Gasteiger partial charge on any atom is 0.319 e. The first kappa shape index (κ1) is 20.9. The van der Waals surface area contributed by atoms with Gasteiger partial charge in [0.25, 0.3) is 0 Å². The van der Waals surface area contributed by atoms with Crippen molar-refractivity contribution >= 4 is 11.7 Å². The quantitative estimate of drug-likeness (QED) is 0.372.